The molecule has 0 radical (unpaired) electrons. The van der Waals surface area contributed by atoms with Gasteiger partial charge in [-0.15, -0.1) is 23.7 Å². The fourth-order valence-electron chi connectivity index (χ4n) is 1.56. The molecule has 2 rings (SSSR count). The Kier molecular flexibility index (Phi) is 6.74. The van der Waals surface area contributed by atoms with E-state index in [0.29, 0.717) is 33.1 Å². The second kappa shape index (κ2) is 7.84. The number of rotatable bonds is 4. The van der Waals surface area contributed by atoms with Gasteiger partial charge in [-0.25, -0.2) is 4.98 Å². The number of hydrogen-bond donors (Lipinski definition) is 1. The summed E-state index contributed by atoms with van der Waals surface area (Å²) in [4.78, 5) is 17.2. The van der Waals surface area contributed by atoms with Gasteiger partial charge in [0.05, 0.1) is 16.7 Å². The molecule has 1 heterocycles. The highest BCUT2D eigenvalue weighted by Gasteiger charge is 2.15. The highest BCUT2D eigenvalue weighted by molar-refractivity contribution is 7.15. The molecule has 0 bridgehead atoms. The fourth-order valence-corrected chi connectivity index (χ4v) is 2.81. The van der Waals surface area contributed by atoms with Crippen molar-refractivity contribution in [2.45, 2.75) is 13.8 Å². The van der Waals surface area contributed by atoms with E-state index in [4.69, 9.17) is 27.9 Å². The van der Waals surface area contributed by atoms with Gasteiger partial charge < -0.3 is 4.74 Å². The van der Waals surface area contributed by atoms with Crippen molar-refractivity contribution in [3.05, 3.63) is 38.8 Å². The SMILES string of the molecule is CCOc1c(Cl)cc(C(=O)Nc2ncc(C)s2)cc1Cl.Cl. The number of carbonyl (C=O) groups excluding carboxylic acids is 1. The first-order valence-electron chi connectivity index (χ1n) is 5.87. The number of aromatic nitrogens is 1. The second-order valence-corrected chi connectivity index (χ2v) is 5.98. The first-order chi connectivity index (χ1) is 9.51. The molecule has 0 aliphatic carbocycles. The Morgan fingerprint density at radius 2 is 2.00 bits per heavy atom. The van der Waals surface area contributed by atoms with E-state index in [0.717, 1.165) is 4.88 Å². The summed E-state index contributed by atoms with van der Waals surface area (Å²) in [6, 6.07) is 3.04. The lowest BCUT2D eigenvalue weighted by atomic mass is 10.2. The Morgan fingerprint density at radius 3 is 2.48 bits per heavy atom. The topological polar surface area (TPSA) is 51.2 Å². The minimum Gasteiger partial charge on any atom is -0.491 e. The standard InChI is InChI=1S/C13H12Cl2N2O2S.ClH/c1-3-19-11-9(14)4-8(5-10(11)15)12(18)17-13-16-6-7(2)20-13;/h4-6H,3H2,1-2H3,(H,16,17,18);1H. The van der Waals surface area contributed by atoms with E-state index in [-0.39, 0.29) is 18.3 Å². The zero-order valence-corrected chi connectivity index (χ0v) is 14.4. The van der Waals surface area contributed by atoms with Gasteiger partial charge in [-0.1, -0.05) is 23.2 Å². The molecule has 1 aromatic carbocycles. The Hall–Kier alpha value is -1.01. The third-order valence-corrected chi connectivity index (χ3v) is 3.78. The summed E-state index contributed by atoms with van der Waals surface area (Å²) in [5, 5.41) is 3.84. The molecule has 0 aliphatic rings. The van der Waals surface area contributed by atoms with Gasteiger partial charge in [-0.3, -0.25) is 10.1 Å². The van der Waals surface area contributed by atoms with Crippen LogP contribution in [0.5, 0.6) is 5.75 Å². The normalized spacial score (nSPS) is 9.90. The Bertz CT molecular complexity index is 623. The largest absolute Gasteiger partial charge is 0.491 e. The molecule has 4 nitrogen and oxygen atoms in total. The van der Waals surface area contributed by atoms with Crippen LogP contribution >= 0.6 is 46.9 Å². The van der Waals surface area contributed by atoms with Crippen LogP contribution in [0.25, 0.3) is 0 Å². The molecule has 0 spiro atoms. The summed E-state index contributed by atoms with van der Waals surface area (Å²) < 4.78 is 5.32. The van der Waals surface area contributed by atoms with Gasteiger partial charge in [-0.2, -0.15) is 0 Å². The van der Waals surface area contributed by atoms with E-state index in [2.05, 4.69) is 10.3 Å². The van der Waals surface area contributed by atoms with Gasteiger partial charge in [0, 0.05) is 16.6 Å². The molecular weight excluding hydrogens is 355 g/mol. The molecule has 0 atom stereocenters. The third kappa shape index (κ3) is 4.48. The van der Waals surface area contributed by atoms with E-state index < -0.39 is 0 Å². The number of nitrogens with zero attached hydrogens (tertiary/aromatic N) is 1. The first-order valence-corrected chi connectivity index (χ1v) is 7.44. The van der Waals surface area contributed by atoms with Crippen molar-refractivity contribution in [2.24, 2.45) is 0 Å². The van der Waals surface area contributed by atoms with E-state index >= 15 is 0 Å². The molecule has 1 amide bonds. The number of ether oxygens (including phenoxy) is 1. The predicted octanol–water partition coefficient (Wildman–Crippen LogP) is 4.83. The van der Waals surface area contributed by atoms with E-state index in [1.54, 1.807) is 6.20 Å². The highest BCUT2D eigenvalue weighted by Crippen LogP contribution is 2.34. The van der Waals surface area contributed by atoms with Crippen LogP contribution in [0.2, 0.25) is 10.0 Å². The van der Waals surface area contributed by atoms with Crippen molar-refractivity contribution in [1.29, 1.82) is 0 Å². The van der Waals surface area contributed by atoms with Gasteiger partial charge >= 0.3 is 0 Å². The zero-order chi connectivity index (χ0) is 14.7. The number of amides is 1. The van der Waals surface area contributed by atoms with E-state index in [1.807, 2.05) is 13.8 Å². The molecular formula is C13H13Cl3N2O2S. The van der Waals surface area contributed by atoms with E-state index in [9.17, 15) is 4.79 Å². The Balaban J connectivity index is 0.00000220. The second-order valence-electron chi connectivity index (χ2n) is 3.93. The Labute approximate surface area is 142 Å². The van der Waals surface area contributed by atoms with Crippen LogP contribution in [0.3, 0.4) is 0 Å². The molecule has 21 heavy (non-hydrogen) atoms. The molecule has 1 N–H and O–H groups in total. The third-order valence-electron chi connectivity index (χ3n) is 2.39. The number of aryl methyl sites for hydroxylation is 1. The first kappa shape index (κ1) is 18.0. The molecule has 8 heteroatoms. The van der Waals surface area contributed by atoms with Crippen molar-refractivity contribution >= 4 is 58.0 Å². The summed E-state index contributed by atoms with van der Waals surface area (Å²) in [6.07, 6.45) is 1.69. The average molecular weight is 368 g/mol. The minimum absolute atomic E-state index is 0. The molecule has 114 valence electrons. The fraction of sp³-hybridized carbons (Fsp3) is 0.231. The molecule has 0 fully saturated rings. The summed E-state index contributed by atoms with van der Waals surface area (Å²) >= 11 is 13.5. The van der Waals surface area contributed by atoms with Gasteiger partial charge in [-0.05, 0) is 26.0 Å². The van der Waals surface area contributed by atoms with Crippen LogP contribution in [-0.2, 0) is 0 Å². The maximum absolute atomic E-state index is 12.1. The van der Waals surface area contributed by atoms with Crippen LogP contribution in [-0.4, -0.2) is 17.5 Å². The summed E-state index contributed by atoms with van der Waals surface area (Å²) in [5.41, 5.74) is 0.358. The summed E-state index contributed by atoms with van der Waals surface area (Å²) in [5.74, 6) is 0.0728. The van der Waals surface area contributed by atoms with Gasteiger partial charge in [0.25, 0.3) is 5.91 Å². The lowest BCUT2D eigenvalue weighted by Gasteiger charge is -2.10. The zero-order valence-electron chi connectivity index (χ0n) is 11.3. The van der Waals surface area contributed by atoms with Crippen LogP contribution in [0, 0.1) is 6.92 Å². The van der Waals surface area contributed by atoms with Gasteiger partial charge in [0.15, 0.2) is 10.9 Å². The van der Waals surface area contributed by atoms with Crippen LogP contribution in [0.15, 0.2) is 18.3 Å². The summed E-state index contributed by atoms with van der Waals surface area (Å²) in [7, 11) is 0. The number of hydrogen-bond acceptors (Lipinski definition) is 4. The van der Waals surface area contributed by atoms with Crippen molar-refractivity contribution in [1.82, 2.24) is 4.98 Å². The van der Waals surface area contributed by atoms with Gasteiger partial charge in [0.1, 0.15) is 0 Å². The molecule has 0 saturated carbocycles. The smallest absolute Gasteiger partial charge is 0.257 e. The number of benzene rings is 1. The van der Waals surface area contributed by atoms with Crippen LogP contribution in [0.1, 0.15) is 22.2 Å². The number of anilines is 1. The van der Waals surface area contributed by atoms with Gasteiger partial charge in [0.2, 0.25) is 0 Å². The van der Waals surface area contributed by atoms with Crippen molar-refractivity contribution in [3.63, 3.8) is 0 Å². The number of halogens is 3. The lowest BCUT2D eigenvalue weighted by Crippen LogP contribution is -2.12. The maximum Gasteiger partial charge on any atom is 0.257 e. The molecule has 1 aromatic heterocycles. The van der Waals surface area contributed by atoms with Crippen LogP contribution in [0.4, 0.5) is 5.13 Å². The van der Waals surface area contributed by atoms with Crippen molar-refractivity contribution in [3.8, 4) is 5.75 Å². The van der Waals surface area contributed by atoms with Crippen molar-refractivity contribution < 1.29 is 9.53 Å². The minimum atomic E-state index is -0.314. The quantitative estimate of drug-likeness (QED) is 0.842. The number of thiazole rings is 1. The summed E-state index contributed by atoms with van der Waals surface area (Å²) in [6.45, 7) is 4.19. The lowest BCUT2D eigenvalue weighted by molar-refractivity contribution is 0.102. The molecule has 2 aromatic rings. The highest BCUT2D eigenvalue weighted by atomic mass is 35.5. The Morgan fingerprint density at radius 1 is 1.38 bits per heavy atom. The average Bonchev–Trinajstić information content (AvgIpc) is 2.79. The van der Waals surface area contributed by atoms with Crippen LogP contribution < -0.4 is 10.1 Å². The molecule has 0 saturated heterocycles. The number of carbonyl (C=O) groups is 1. The number of nitrogens with one attached hydrogen (secondary N) is 1. The molecule has 0 unspecified atom stereocenters. The predicted molar refractivity (Wildman–Crippen MR) is 89.7 cm³/mol. The molecule has 0 aliphatic heterocycles. The monoisotopic (exact) mass is 366 g/mol. The maximum atomic E-state index is 12.1. The van der Waals surface area contributed by atoms with Crippen molar-refractivity contribution in [2.75, 3.05) is 11.9 Å². The van der Waals surface area contributed by atoms with E-state index in [1.165, 1.54) is 23.5 Å².